The van der Waals surface area contributed by atoms with Gasteiger partial charge in [-0.15, -0.1) is 0 Å². The number of rotatable bonds is 6. The van der Waals surface area contributed by atoms with Crippen LogP contribution in [0.25, 0.3) is 0 Å². The van der Waals surface area contributed by atoms with Crippen LogP contribution < -0.4 is 0 Å². The van der Waals surface area contributed by atoms with Crippen LogP contribution in [0.3, 0.4) is 0 Å². The van der Waals surface area contributed by atoms with Crippen molar-refractivity contribution in [3.63, 3.8) is 0 Å². The van der Waals surface area contributed by atoms with Crippen LogP contribution >= 0.6 is 7.60 Å². The van der Waals surface area contributed by atoms with E-state index in [0.717, 1.165) is 11.0 Å². The molecule has 1 rings (SSSR count). The first kappa shape index (κ1) is 17.8. The molecule has 0 amide bonds. The van der Waals surface area contributed by atoms with Crippen molar-refractivity contribution < 1.29 is 44.4 Å². The molecule has 3 atom stereocenters. The quantitative estimate of drug-likeness (QED) is 0.300. The summed E-state index contributed by atoms with van der Waals surface area (Å²) in [6, 6.07) is -1.24. The number of aliphatic carboxylic acids is 2. The van der Waals surface area contributed by atoms with Gasteiger partial charge in [-0.05, 0) is 12.5 Å². The molecule has 0 aliphatic heterocycles. The summed E-state index contributed by atoms with van der Waals surface area (Å²) in [4.78, 5) is 40.4. The summed E-state index contributed by atoms with van der Waals surface area (Å²) >= 11 is 0. The van der Waals surface area contributed by atoms with Gasteiger partial charge in [-0.3, -0.25) is 14.3 Å². The molecule has 0 aromatic carbocycles. The summed E-state index contributed by atoms with van der Waals surface area (Å²) in [6.45, 7) is -0.813. The molecule has 1 aliphatic carbocycles. The summed E-state index contributed by atoms with van der Waals surface area (Å²) in [7, 11) is -4.63. The highest BCUT2D eigenvalue weighted by Gasteiger charge is 2.39. The summed E-state index contributed by atoms with van der Waals surface area (Å²) in [6.07, 6.45) is -3.52. The van der Waals surface area contributed by atoms with Crippen LogP contribution in [0, 0.1) is 0 Å². The minimum Gasteiger partial charge on any atom is -0.480 e. The molecule has 0 saturated heterocycles. The van der Waals surface area contributed by atoms with Gasteiger partial charge in [-0.2, -0.15) is 0 Å². The molecule has 120 valence electrons. The Hall–Kier alpha value is -1.29. The molecule has 0 saturated carbocycles. The fourth-order valence-corrected chi connectivity index (χ4v) is 2.92. The molecule has 0 spiro atoms. The van der Waals surface area contributed by atoms with E-state index < -0.39 is 50.6 Å². The minimum atomic E-state index is -4.63. The average molecular weight is 325 g/mol. The lowest BCUT2D eigenvalue weighted by atomic mass is 9.89. The second kappa shape index (κ2) is 6.65. The van der Waals surface area contributed by atoms with Crippen LogP contribution in [0.5, 0.6) is 0 Å². The highest BCUT2D eigenvalue weighted by molar-refractivity contribution is 7.51. The third kappa shape index (κ3) is 5.20. The van der Waals surface area contributed by atoms with E-state index in [2.05, 4.69) is 0 Å². The summed E-state index contributed by atoms with van der Waals surface area (Å²) in [5.41, 5.74) is -0.265. The monoisotopic (exact) mass is 325 g/mol. The topological polar surface area (TPSA) is 176 Å². The largest absolute Gasteiger partial charge is 0.480 e. The maximum absolute atomic E-state index is 11.1. The maximum atomic E-state index is 11.1. The second-order valence-electron chi connectivity index (χ2n) is 4.70. The van der Waals surface area contributed by atoms with Crippen molar-refractivity contribution in [2.45, 2.75) is 24.7 Å². The number of hydrogen-bond acceptors (Lipinski definition) is 6. The van der Waals surface area contributed by atoms with Crippen molar-refractivity contribution in [1.82, 2.24) is 4.90 Å². The zero-order valence-corrected chi connectivity index (χ0v) is 11.6. The Morgan fingerprint density at radius 3 is 2.29 bits per heavy atom. The predicted octanol–water partition coefficient (Wildman–Crippen LogP) is -1.99. The van der Waals surface area contributed by atoms with E-state index in [9.17, 15) is 24.4 Å². The third-order valence-electron chi connectivity index (χ3n) is 2.99. The van der Waals surface area contributed by atoms with Gasteiger partial charge in [0, 0.05) is 11.6 Å². The molecule has 0 fully saturated rings. The van der Waals surface area contributed by atoms with E-state index in [1.54, 1.807) is 0 Å². The number of hydrogen-bond donors (Lipinski definition) is 6. The lowest BCUT2D eigenvalue weighted by Gasteiger charge is -2.37. The Bertz CT molecular complexity index is 499. The molecule has 0 heterocycles. The molecule has 0 bridgehead atoms. The molecule has 21 heavy (non-hydrogen) atoms. The lowest BCUT2D eigenvalue weighted by Crippen LogP contribution is -2.52. The van der Waals surface area contributed by atoms with Crippen LogP contribution in [0.15, 0.2) is 11.6 Å². The van der Waals surface area contributed by atoms with Crippen LogP contribution in [0.4, 0.5) is 0 Å². The van der Waals surface area contributed by atoms with Crippen molar-refractivity contribution in [2.24, 2.45) is 0 Å². The van der Waals surface area contributed by atoms with Crippen molar-refractivity contribution in [2.75, 3.05) is 12.8 Å². The summed E-state index contributed by atoms with van der Waals surface area (Å²) in [5.74, 6) is -2.77. The van der Waals surface area contributed by atoms with Crippen LogP contribution in [0.1, 0.15) is 6.42 Å². The highest BCUT2D eigenvalue weighted by atomic mass is 31.2. The minimum absolute atomic E-state index is 0.265. The highest BCUT2D eigenvalue weighted by Crippen LogP contribution is 2.37. The van der Waals surface area contributed by atoms with E-state index in [-0.39, 0.29) is 12.0 Å². The Labute approximate surface area is 119 Å². The Morgan fingerprint density at radius 1 is 1.29 bits per heavy atom. The smallest absolute Gasteiger partial charge is 0.339 e. The van der Waals surface area contributed by atoms with Gasteiger partial charge in [0.2, 0.25) is 0 Å². The number of carboxylic acid groups (broad SMARTS) is 2. The van der Waals surface area contributed by atoms with E-state index >= 15 is 0 Å². The fraction of sp³-hybridized carbons (Fsp3) is 0.600. The third-order valence-corrected chi connectivity index (χ3v) is 3.72. The van der Waals surface area contributed by atoms with Gasteiger partial charge >= 0.3 is 19.5 Å². The van der Waals surface area contributed by atoms with E-state index in [0.29, 0.717) is 0 Å². The zero-order valence-electron chi connectivity index (χ0n) is 10.7. The van der Waals surface area contributed by atoms with Gasteiger partial charge in [0.05, 0.1) is 12.6 Å². The molecule has 0 aromatic heterocycles. The molecule has 6 N–H and O–H groups in total. The Balaban J connectivity index is 3.05. The van der Waals surface area contributed by atoms with E-state index in [4.69, 9.17) is 20.0 Å². The van der Waals surface area contributed by atoms with Crippen LogP contribution in [-0.2, 0) is 14.2 Å². The Morgan fingerprint density at radius 2 is 1.86 bits per heavy atom. The first-order valence-electron chi connectivity index (χ1n) is 5.82. The van der Waals surface area contributed by atoms with Gasteiger partial charge in [0.1, 0.15) is 12.4 Å². The van der Waals surface area contributed by atoms with E-state index in [1.807, 2.05) is 0 Å². The molecular formula is C10H16NO9P. The number of carbonyl (C=O) groups is 2. The SMILES string of the molecule is O=C(O)CN(CP(=O)(O)O)[C@@H]1CC(C(=O)O)=C[C@@H](O)[C@H]1O. The molecule has 0 aromatic rings. The molecule has 1 aliphatic rings. The first-order valence-corrected chi connectivity index (χ1v) is 7.61. The van der Waals surface area contributed by atoms with Crippen LogP contribution in [0.2, 0.25) is 0 Å². The average Bonchev–Trinajstić information content (AvgIpc) is 2.28. The lowest BCUT2D eigenvalue weighted by molar-refractivity contribution is -0.139. The second-order valence-corrected chi connectivity index (χ2v) is 6.31. The van der Waals surface area contributed by atoms with Gasteiger partial charge in [-0.1, -0.05) is 0 Å². The maximum Gasteiger partial charge on any atom is 0.339 e. The fourth-order valence-electron chi connectivity index (χ4n) is 2.13. The van der Waals surface area contributed by atoms with Crippen molar-refractivity contribution in [3.8, 4) is 0 Å². The van der Waals surface area contributed by atoms with Crippen molar-refractivity contribution in [3.05, 3.63) is 11.6 Å². The van der Waals surface area contributed by atoms with Gasteiger partial charge in [0.15, 0.2) is 0 Å². The number of nitrogens with zero attached hydrogens (tertiary/aromatic N) is 1. The Kier molecular flexibility index (Phi) is 5.62. The van der Waals surface area contributed by atoms with Crippen LogP contribution in [-0.4, -0.2) is 78.1 Å². The molecule has 0 radical (unpaired) electrons. The molecule has 11 heteroatoms. The van der Waals surface area contributed by atoms with Gasteiger partial charge in [0.25, 0.3) is 0 Å². The zero-order chi connectivity index (χ0) is 16.4. The first-order chi connectivity index (χ1) is 9.51. The van der Waals surface area contributed by atoms with Gasteiger partial charge < -0.3 is 30.2 Å². The van der Waals surface area contributed by atoms with Crippen molar-refractivity contribution in [1.29, 1.82) is 0 Å². The van der Waals surface area contributed by atoms with E-state index in [1.165, 1.54) is 0 Å². The normalized spacial score (nSPS) is 26.5. The number of aliphatic hydroxyl groups is 2. The summed E-state index contributed by atoms with van der Waals surface area (Å²) < 4.78 is 11.1. The standard InChI is InChI=1S/C10H16NO9P/c12-7-2-5(10(16)17)1-6(9(7)15)11(3-8(13)14)4-21(18,19)20/h2,6-7,9,12,15H,1,3-4H2,(H,13,14)(H,16,17)(H2,18,19,20)/t6-,7-,9+/m1/s1. The molecule has 0 unspecified atom stereocenters. The van der Waals surface area contributed by atoms with Gasteiger partial charge in [-0.25, -0.2) is 4.79 Å². The number of aliphatic hydroxyl groups excluding tert-OH is 2. The predicted molar refractivity (Wildman–Crippen MR) is 67.4 cm³/mol. The number of carboxylic acids is 2. The summed E-state index contributed by atoms with van der Waals surface area (Å²) in [5, 5.41) is 37.1. The molecular weight excluding hydrogens is 309 g/mol. The molecule has 10 nitrogen and oxygen atoms in total. The van der Waals surface area contributed by atoms with Crippen molar-refractivity contribution >= 4 is 19.5 Å².